The minimum atomic E-state index is -0.289. The van der Waals surface area contributed by atoms with E-state index in [1.54, 1.807) is 0 Å². The number of primary amides is 1. The summed E-state index contributed by atoms with van der Waals surface area (Å²) < 4.78 is 0. The Bertz CT molecular complexity index is 290. The third-order valence-corrected chi connectivity index (χ3v) is 3.03. The minimum Gasteiger partial charge on any atom is -0.409 e. The van der Waals surface area contributed by atoms with Crippen molar-refractivity contribution in [3.05, 3.63) is 0 Å². The molecule has 0 aliphatic heterocycles. The topological polar surface area (TPSA) is 114 Å². The van der Waals surface area contributed by atoms with Crippen LogP contribution in [0.4, 0.5) is 0 Å². The molecule has 106 valence electrons. The fourth-order valence-corrected chi connectivity index (χ4v) is 1.68. The molecule has 1 atom stereocenters. The molecule has 0 aromatic rings. The van der Waals surface area contributed by atoms with Gasteiger partial charge in [0.2, 0.25) is 5.91 Å². The molecule has 0 bridgehead atoms. The molecular formula is C12H26N4O2. The molecule has 1 amide bonds. The molecule has 0 aliphatic carbocycles. The molecule has 1 unspecified atom stereocenters. The number of nitrogens with zero attached hydrogens (tertiary/aromatic N) is 1. The highest BCUT2D eigenvalue weighted by Crippen LogP contribution is 2.23. The number of amidine groups is 1. The van der Waals surface area contributed by atoms with Crippen molar-refractivity contribution < 1.29 is 10.0 Å². The van der Waals surface area contributed by atoms with Crippen LogP contribution in [0, 0.1) is 5.41 Å². The Morgan fingerprint density at radius 2 is 2.00 bits per heavy atom. The number of hydrogen-bond donors (Lipinski definition) is 4. The summed E-state index contributed by atoms with van der Waals surface area (Å²) in [6.45, 7) is 6.67. The first-order chi connectivity index (χ1) is 8.29. The van der Waals surface area contributed by atoms with Gasteiger partial charge < -0.3 is 22.0 Å². The monoisotopic (exact) mass is 258 g/mol. The number of unbranched alkanes of at least 4 members (excludes halogenated alkanes) is 1. The average molecular weight is 258 g/mol. The van der Waals surface area contributed by atoms with Gasteiger partial charge >= 0.3 is 0 Å². The smallest absolute Gasteiger partial charge is 0.218 e. The summed E-state index contributed by atoms with van der Waals surface area (Å²) in [4.78, 5) is 10.7. The predicted molar refractivity (Wildman–Crippen MR) is 72.3 cm³/mol. The molecule has 6 nitrogen and oxygen atoms in total. The first kappa shape index (κ1) is 16.7. The summed E-state index contributed by atoms with van der Waals surface area (Å²) in [5.41, 5.74) is 10.4. The third kappa shape index (κ3) is 7.11. The van der Waals surface area contributed by atoms with Crippen LogP contribution in [0.1, 0.15) is 46.5 Å². The van der Waals surface area contributed by atoms with Gasteiger partial charge in [-0.05, 0) is 26.3 Å². The van der Waals surface area contributed by atoms with Crippen molar-refractivity contribution in [1.29, 1.82) is 0 Å². The van der Waals surface area contributed by atoms with E-state index in [2.05, 4.69) is 10.5 Å². The minimum absolute atomic E-state index is 0.111. The van der Waals surface area contributed by atoms with E-state index in [1.165, 1.54) is 0 Å². The highest BCUT2D eigenvalue weighted by molar-refractivity contribution is 5.85. The van der Waals surface area contributed by atoms with Crippen LogP contribution in [0.25, 0.3) is 0 Å². The van der Waals surface area contributed by atoms with Crippen molar-refractivity contribution in [2.45, 2.75) is 52.5 Å². The van der Waals surface area contributed by atoms with Crippen LogP contribution >= 0.6 is 0 Å². The second-order valence-corrected chi connectivity index (χ2v) is 5.35. The van der Waals surface area contributed by atoms with Crippen molar-refractivity contribution in [1.82, 2.24) is 5.32 Å². The van der Waals surface area contributed by atoms with Gasteiger partial charge in [-0.2, -0.15) is 0 Å². The van der Waals surface area contributed by atoms with Crippen molar-refractivity contribution in [3.63, 3.8) is 0 Å². The lowest BCUT2D eigenvalue weighted by Crippen LogP contribution is -2.33. The zero-order valence-electron chi connectivity index (χ0n) is 11.6. The molecule has 0 aliphatic rings. The first-order valence-corrected chi connectivity index (χ1v) is 6.29. The molecule has 0 spiro atoms. The molecule has 0 aromatic carbocycles. The zero-order chi connectivity index (χ0) is 14.2. The second-order valence-electron chi connectivity index (χ2n) is 5.35. The van der Waals surface area contributed by atoms with E-state index in [1.807, 2.05) is 20.8 Å². The molecule has 0 fully saturated rings. The van der Waals surface area contributed by atoms with Crippen LogP contribution in [0.3, 0.4) is 0 Å². The molecular weight excluding hydrogens is 232 g/mol. The lowest BCUT2D eigenvalue weighted by Gasteiger charge is -2.22. The predicted octanol–water partition coefficient (Wildman–Crippen LogP) is 0.783. The van der Waals surface area contributed by atoms with Crippen LogP contribution in [0.5, 0.6) is 0 Å². The number of oxime groups is 1. The van der Waals surface area contributed by atoms with Crippen LogP contribution in [-0.2, 0) is 4.79 Å². The Hall–Kier alpha value is -1.30. The molecule has 0 rings (SSSR count). The summed E-state index contributed by atoms with van der Waals surface area (Å²) in [6, 6.07) is 0.111. The Labute approximate surface area is 109 Å². The lowest BCUT2D eigenvalue weighted by molar-refractivity contribution is -0.118. The van der Waals surface area contributed by atoms with Gasteiger partial charge in [0.05, 0.1) is 0 Å². The van der Waals surface area contributed by atoms with Crippen molar-refractivity contribution in [2.75, 3.05) is 6.54 Å². The third-order valence-electron chi connectivity index (χ3n) is 3.03. The van der Waals surface area contributed by atoms with Gasteiger partial charge in [-0.15, -0.1) is 0 Å². The van der Waals surface area contributed by atoms with Gasteiger partial charge in [-0.3, -0.25) is 4.79 Å². The SMILES string of the molecule is CC(CC(N)=O)NCCCCC(C)(C)C(N)=NO. The van der Waals surface area contributed by atoms with Crippen molar-refractivity contribution >= 4 is 11.7 Å². The summed E-state index contributed by atoms with van der Waals surface area (Å²) in [5, 5.41) is 14.9. The summed E-state index contributed by atoms with van der Waals surface area (Å²) in [6.07, 6.45) is 3.16. The second kappa shape index (κ2) is 7.92. The van der Waals surface area contributed by atoms with Crippen molar-refractivity contribution in [3.8, 4) is 0 Å². The summed E-state index contributed by atoms with van der Waals surface area (Å²) >= 11 is 0. The largest absolute Gasteiger partial charge is 0.409 e. The lowest BCUT2D eigenvalue weighted by atomic mass is 9.86. The molecule has 0 aromatic heterocycles. The van der Waals surface area contributed by atoms with E-state index in [-0.39, 0.29) is 23.2 Å². The van der Waals surface area contributed by atoms with E-state index in [0.717, 1.165) is 25.8 Å². The summed E-state index contributed by atoms with van der Waals surface area (Å²) in [7, 11) is 0. The Kier molecular flexibility index (Phi) is 7.35. The normalized spacial score (nSPS) is 14.5. The number of carbonyl (C=O) groups excluding carboxylic acids is 1. The highest BCUT2D eigenvalue weighted by atomic mass is 16.4. The van der Waals surface area contributed by atoms with Gasteiger partial charge in [-0.25, -0.2) is 0 Å². The zero-order valence-corrected chi connectivity index (χ0v) is 11.6. The Morgan fingerprint density at radius 1 is 1.39 bits per heavy atom. The standard InChI is InChI=1S/C12H26N4O2/c1-9(8-10(13)17)15-7-5-4-6-12(2,3)11(14)16-18/h9,15,18H,4-8H2,1-3H3,(H2,13,17)(H2,14,16). The van der Waals surface area contributed by atoms with E-state index in [9.17, 15) is 4.79 Å². The van der Waals surface area contributed by atoms with E-state index in [0.29, 0.717) is 6.42 Å². The average Bonchev–Trinajstić information content (AvgIpc) is 2.26. The number of carbonyl (C=O) groups is 1. The van der Waals surface area contributed by atoms with Crippen LogP contribution in [0.2, 0.25) is 0 Å². The fraction of sp³-hybridized carbons (Fsp3) is 0.833. The van der Waals surface area contributed by atoms with E-state index in [4.69, 9.17) is 16.7 Å². The number of rotatable bonds is 9. The molecule has 0 saturated heterocycles. The van der Waals surface area contributed by atoms with Crippen molar-refractivity contribution in [2.24, 2.45) is 22.0 Å². The van der Waals surface area contributed by atoms with Gasteiger partial charge in [0.1, 0.15) is 5.84 Å². The molecule has 0 heterocycles. The molecule has 6 heteroatoms. The number of nitrogens with one attached hydrogen (secondary N) is 1. The number of nitrogens with two attached hydrogens (primary N) is 2. The Balaban J connectivity index is 3.72. The quantitative estimate of drug-likeness (QED) is 0.161. The maximum absolute atomic E-state index is 10.7. The number of hydrogen-bond acceptors (Lipinski definition) is 4. The Morgan fingerprint density at radius 3 is 2.50 bits per heavy atom. The molecule has 6 N–H and O–H groups in total. The molecule has 18 heavy (non-hydrogen) atoms. The van der Waals surface area contributed by atoms with E-state index < -0.39 is 0 Å². The molecule has 0 radical (unpaired) electrons. The first-order valence-electron chi connectivity index (χ1n) is 6.29. The molecule has 0 saturated carbocycles. The van der Waals surface area contributed by atoms with Gasteiger partial charge in [-0.1, -0.05) is 25.4 Å². The van der Waals surface area contributed by atoms with Gasteiger partial charge in [0, 0.05) is 17.9 Å². The van der Waals surface area contributed by atoms with E-state index >= 15 is 0 Å². The maximum Gasteiger partial charge on any atom is 0.218 e. The van der Waals surface area contributed by atoms with Gasteiger partial charge in [0.15, 0.2) is 0 Å². The fourth-order valence-electron chi connectivity index (χ4n) is 1.68. The van der Waals surface area contributed by atoms with Crippen LogP contribution in [-0.4, -0.2) is 29.5 Å². The van der Waals surface area contributed by atoms with Crippen LogP contribution in [0.15, 0.2) is 5.16 Å². The van der Waals surface area contributed by atoms with Crippen LogP contribution < -0.4 is 16.8 Å². The maximum atomic E-state index is 10.7. The highest BCUT2D eigenvalue weighted by Gasteiger charge is 2.22. The summed E-state index contributed by atoms with van der Waals surface area (Å²) in [5.74, 6) is -0.0272. The number of amides is 1. The van der Waals surface area contributed by atoms with Gasteiger partial charge in [0.25, 0.3) is 0 Å².